The van der Waals surface area contributed by atoms with Crippen LogP contribution in [0.15, 0.2) is 23.1 Å². The van der Waals surface area contributed by atoms with Crippen LogP contribution in [0.4, 0.5) is 24.5 Å². The summed E-state index contributed by atoms with van der Waals surface area (Å²) in [4.78, 5) is 14.1. The lowest BCUT2D eigenvalue weighted by Crippen LogP contribution is -2.40. The molecule has 0 bridgehead atoms. The van der Waals surface area contributed by atoms with Gasteiger partial charge in [-0.25, -0.2) is 8.42 Å². The van der Waals surface area contributed by atoms with E-state index in [0.717, 1.165) is 32.4 Å². The Kier molecular flexibility index (Phi) is 7.53. The molecule has 1 aromatic carbocycles. The second-order valence-electron chi connectivity index (χ2n) is 7.03. The summed E-state index contributed by atoms with van der Waals surface area (Å²) >= 11 is -0.431. The van der Waals surface area contributed by atoms with E-state index in [9.17, 15) is 26.4 Å². The number of amides is 1. The summed E-state index contributed by atoms with van der Waals surface area (Å²) in [6, 6.07) is 4.44. The Hall–Kier alpha value is -1.50. The number of nitrogens with one attached hydrogen (secondary N) is 1. The third-order valence-electron chi connectivity index (χ3n) is 4.91. The Morgan fingerprint density at radius 3 is 2.40 bits per heavy atom. The van der Waals surface area contributed by atoms with Crippen molar-refractivity contribution in [2.75, 3.05) is 55.4 Å². The molecule has 0 aliphatic carbocycles. The van der Waals surface area contributed by atoms with E-state index in [1.165, 1.54) is 16.4 Å². The number of morpholine rings is 1. The standard InChI is InChI=1S/C18H24F3N3O4S2/c19-18(20,21)29-13-17(25)22-15-12-14(30(26,27)24-8-10-28-11-9-24)4-5-16(15)23-6-2-1-3-7-23/h4-5,12H,1-3,6-11,13H2,(H,22,25). The molecule has 7 nitrogen and oxygen atoms in total. The maximum Gasteiger partial charge on any atom is 0.442 e. The van der Waals surface area contributed by atoms with Gasteiger partial charge in [0.2, 0.25) is 15.9 Å². The fraction of sp³-hybridized carbons (Fsp3) is 0.611. The summed E-state index contributed by atoms with van der Waals surface area (Å²) in [6.45, 7) is 2.50. The molecule has 0 radical (unpaired) electrons. The molecular weight excluding hydrogens is 443 g/mol. The topological polar surface area (TPSA) is 79.0 Å². The number of benzene rings is 1. The molecular formula is C18H24F3N3O4S2. The van der Waals surface area contributed by atoms with Crippen LogP contribution in [0.3, 0.4) is 0 Å². The molecule has 30 heavy (non-hydrogen) atoms. The minimum absolute atomic E-state index is 0.0102. The van der Waals surface area contributed by atoms with Gasteiger partial charge in [-0.15, -0.1) is 0 Å². The molecule has 1 aromatic rings. The van der Waals surface area contributed by atoms with Crippen molar-refractivity contribution in [1.82, 2.24) is 4.31 Å². The van der Waals surface area contributed by atoms with Crippen LogP contribution in [-0.2, 0) is 19.6 Å². The Morgan fingerprint density at radius 1 is 1.10 bits per heavy atom. The predicted octanol–water partition coefficient (Wildman–Crippen LogP) is 2.89. The zero-order valence-corrected chi connectivity index (χ0v) is 17.9. The molecule has 1 N–H and O–H groups in total. The minimum atomic E-state index is -4.52. The number of piperidine rings is 1. The summed E-state index contributed by atoms with van der Waals surface area (Å²) in [7, 11) is -3.81. The molecule has 0 aromatic heterocycles. The molecule has 2 aliphatic heterocycles. The van der Waals surface area contributed by atoms with Gasteiger partial charge in [-0.05, 0) is 49.2 Å². The van der Waals surface area contributed by atoms with Crippen molar-refractivity contribution in [3.8, 4) is 0 Å². The molecule has 2 aliphatic rings. The molecule has 168 valence electrons. The molecule has 2 fully saturated rings. The molecule has 12 heteroatoms. The number of anilines is 2. The fourth-order valence-electron chi connectivity index (χ4n) is 3.46. The molecule has 0 saturated carbocycles. The van der Waals surface area contributed by atoms with E-state index >= 15 is 0 Å². The molecule has 1 amide bonds. The molecule has 3 rings (SSSR count). The number of carbonyl (C=O) groups excluding carboxylic acids is 1. The second-order valence-corrected chi connectivity index (χ2v) is 10.0. The first-order valence-corrected chi connectivity index (χ1v) is 12.1. The van der Waals surface area contributed by atoms with E-state index in [1.54, 1.807) is 6.07 Å². The fourth-order valence-corrected chi connectivity index (χ4v) is 5.26. The van der Waals surface area contributed by atoms with Crippen LogP contribution in [0.2, 0.25) is 0 Å². The zero-order valence-electron chi connectivity index (χ0n) is 16.3. The number of carbonyl (C=O) groups is 1. The van der Waals surface area contributed by atoms with E-state index < -0.39 is 39.0 Å². The highest BCUT2D eigenvalue weighted by atomic mass is 32.2. The third kappa shape index (κ3) is 6.02. The number of alkyl halides is 3. The summed E-state index contributed by atoms with van der Waals surface area (Å²) in [5.74, 6) is -1.64. The molecule has 2 heterocycles. The Bertz CT molecular complexity index is 853. The lowest BCUT2D eigenvalue weighted by Gasteiger charge is -2.31. The average Bonchev–Trinajstić information content (AvgIpc) is 2.73. The van der Waals surface area contributed by atoms with Crippen LogP contribution in [0, 0.1) is 0 Å². The van der Waals surface area contributed by atoms with E-state index in [4.69, 9.17) is 4.74 Å². The first-order valence-electron chi connectivity index (χ1n) is 9.64. The van der Waals surface area contributed by atoms with Crippen molar-refractivity contribution in [2.24, 2.45) is 0 Å². The molecule has 0 spiro atoms. The molecule has 2 saturated heterocycles. The largest absolute Gasteiger partial charge is 0.442 e. The highest BCUT2D eigenvalue weighted by Gasteiger charge is 2.30. The number of rotatable bonds is 6. The van der Waals surface area contributed by atoms with Crippen LogP contribution in [0.1, 0.15) is 19.3 Å². The number of thioether (sulfide) groups is 1. The Morgan fingerprint density at radius 2 is 1.77 bits per heavy atom. The van der Waals surface area contributed by atoms with Gasteiger partial charge in [-0.1, -0.05) is 0 Å². The van der Waals surface area contributed by atoms with E-state index in [0.29, 0.717) is 18.9 Å². The van der Waals surface area contributed by atoms with Gasteiger partial charge >= 0.3 is 5.51 Å². The smallest absolute Gasteiger partial charge is 0.379 e. The highest BCUT2D eigenvalue weighted by Crippen LogP contribution is 2.33. The van der Waals surface area contributed by atoms with Gasteiger partial charge in [0.1, 0.15) is 0 Å². The van der Waals surface area contributed by atoms with Crippen molar-refractivity contribution < 1.29 is 31.1 Å². The summed E-state index contributed by atoms with van der Waals surface area (Å²) in [6.07, 6.45) is 2.97. The average molecular weight is 468 g/mol. The summed E-state index contributed by atoms with van der Waals surface area (Å²) in [5, 5.41) is 2.49. The lowest BCUT2D eigenvalue weighted by molar-refractivity contribution is -0.114. The van der Waals surface area contributed by atoms with Gasteiger partial charge in [0.05, 0.1) is 35.2 Å². The Labute approximate surface area is 178 Å². The molecule has 0 atom stereocenters. The van der Waals surface area contributed by atoms with Crippen LogP contribution < -0.4 is 10.2 Å². The zero-order chi connectivity index (χ0) is 21.8. The van der Waals surface area contributed by atoms with Gasteiger partial charge in [0.15, 0.2) is 0 Å². The van der Waals surface area contributed by atoms with E-state index in [2.05, 4.69) is 5.32 Å². The normalized spacial score (nSPS) is 19.0. The Balaban J connectivity index is 1.87. The van der Waals surface area contributed by atoms with Gasteiger partial charge in [-0.2, -0.15) is 17.5 Å². The number of ether oxygens (including phenoxy) is 1. The maximum atomic E-state index is 13.0. The van der Waals surface area contributed by atoms with Gasteiger partial charge in [-0.3, -0.25) is 4.79 Å². The van der Waals surface area contributed by atoms with Crippen molar-refractivity contribution >= 4 is 39.1 Å². The van der Waals surface area contributed by atoms with Crippen LogP contribution in [0.25, 0.3) is 0 Å². The van der Waals surface area contributed by atoms with Crippen molar-refractivity contribution in [3.05, 3.63) is 18.2 Å². The van der Waals surface area contributed by atoms with Crippen LogP contribution >= 0.6 is 11.8 Å². The van der Waals surface area contributed by atoms with E-state index in [-0.39, 0.29) is 23.7 Å². The van der Waals surface area contributed by atoms with Crippen molar-refractivity contribution in [2.45, 2.75) is 29.7 Å². The quantitative estimate of drug-likeness (QED) is 0.693. The summed E-state index contributed by atoms with van der Waals surface area (Å²) in [5.41, 5.74) is -3.70. The first-order chi connectivity index (χ1) is 14.2. The lowest BCUT2D eigenvalue weighted by atomic mass is 10.1. The van der Waals surface area contributed by atoms with Gasteiger partial charge in [0, 0.05) is 26.2 Å². The first kappa shape index (κ1) is 23.2. The van der Waals surface area contributed by atoms with Crippen molar-refractivity contribution in [3.63, 3.8) is 0 Å². The van der Waals surface area contributed by atoms with Crippen molar-refractivity contribution in [1.29, 1.82) is 0 Å². The number of sulfonamides is 1. The number of halogens is 3. The van der Waals surface area contributed by atoms with Gasteiger partial charge in [0.25, 0.3) is 0 Å². The minimum Gasteiger partial charge on any atom is -0.379 e. The second kappa shape index (κ2) is 9.75. The van der Waals surface area contributed by atoms with Gasteiger partial charge < -0.3 is 15.0 Å². The monoisotopic (exact) mass is 467 g/mol. The van der Waals surface area contributed by atoms with Crippen LogP contribution in [-0.4, -0.2) is 69.3 Å². The van der Waals surface area contributed by atoms with Crippen LogP contribution in [0.5, 0.6) is 0 Å². The number of hydrogen-bond donors (Lipinski definition) is 1. The SMILES string of the molecule is O=C(CSC(F)(F)F)Nc1cc(S(=O)(=O)N2CCOCC2)ccc1N1CCCCC1. The maximum absolute atomic E-state index is 13.0. The molecule has 0 unspecified atom stereocenters. The third-order valence-corrected chi connectivity index (χ3v) is 7.54. The highest BCUT2D eigenvalue weighted by molar-refractivity contribution is 8.00. The van der Waals surface area contributed by atoms with E-state index in [1.807, 2.05) is 4.90 Å². The number of nitrogens with zero attached hydrogens (tertiary/aromatic N) is 2. The predicted molar refractivity (Wildman–Crippen MR) is 109 cm³/mol. The summed E-state index contributed by atoms with van der Waals surface area (Å²) < 4.78 is 69.7. The number of hydrogen-bond acceptors (Lipinski definition) is 6.